The molecule has 0 unspecified atom stereocenters. The van der Waals surface area contributed by atoms with E-state index in [0.717, 1.165) is 43.1 Å². The summed E-state index contributed by atoms with van der Waals surface area (Å²) in [5.41, 5.74) is 0.639. The number of anilines is 1. The van der Waals surface area contributed by atoms with Gasteiger partial charge < -0.3 is 10.1 Å². The highest BCUT2D eigenvalue weighted by molar-refractivity contribution is 5.36. The monoisotopic (exact) mass is 265 g/mol. The lowest BCUT2D eigenvalue weighted by atomic mass is 10.1. The van der Waals surface area contributed by atoms with Gasteiger partial charge in [0.25, 0.3) is 0 Å². The highest BCUT2D eigenvalue weighted by atomic mass is 16.5. The number of aryl methyl sites for hydroxylation is 1. The second kappa shape index (κ2) is 7.43. The first kappa shape index (κ1) is 15.9. The van der Waals surface area contributed by atoms with Crippen LogP contribution >= 0.6 is 0 Å². The molecule has 4 heteroatoms. The Hall–Kier alpha value is -1.16. The minimum atomic E-state index is -0.443. The molecule has 0 amide bonds. The smallest absolute Gasteiger partial charge is 0.162 e. The molecule has 1 heterocycles. The molecule has 1 aromatic heterocycles. The van der Waals surface area contributed by atoms with Crippen LogP contribution in [0.25, 0.3) is 0 Å². The van der Waals surface area contributed by atoms with Gasteiger partial charge in [0.15, 0.2) is 5.82 Å². The highest BCUT2D eigenvalue weighted by Gasteiger charge is 2.25. The maximum Gasteiger partial charge on any atom is 0.162 e. The average Bonchev–Trinajstić information content (AvgIpc) is 2.36. The van der Waals surface area contributed by atoms with Crippen LogP contribution in [0.3, 0.4) is 0 Å². The van der Waals surface area contributed by atoms with Crippen molar-refractivity contribution < 1.29 is 4.74 Å². The minimum absolute atomic E-state index is 0.443. The van der Waals surface area contributed by atoms with Gasteiger partial charge in [0.1, 0.15) is 11.4 Å². The number of hydrogen-bond acceptors (Lipinski definition) is 4. The lowest BCUT2D eigenvalue weighted by Gasteiger charge is -2.24. The summed E-state index contributed by atoms with van der Waals surface area (Å²) < 4.78 is 5.76. The summed E-state index contributed by atoms with van der Waals surface area (Å²) in [5, 5.41) is 3.34. The summed E-state index contributed by atoms with van der Waals surface area (Å²) >= 11 is 0. The van der Waals surface area contributed by atoms with Gasteiger partial charge in [-0.05, 0) is 33.6 Å². The lowest BCUT2D eigenvalue weighted by molar-refractivity contribution is -0.0208. The second-order valence-corrected chi connectivity index (χ2v) is 5.19. The summed E-state index contributed by atoms with van der Waals surface area (Å²) in [7, 11) is 0. The van der Waals surface area contributed by atoms with E-state index in [1.165, 1.54) is 0 Å². The van der Waals surface area contributed by atoms with Crippen LogP contribution in [-0.2, 0) is 16.8 Å². The van der Waals surface area contributed by atoms with Crippen LogP contribution in [-0.4, -0.2) is 23.1 Å². The Morgan fingerprint density at radius 3 is 2.47 bits per heavy atom. The van der Waals surface area contributed by atoms with Crippen molar-refractivity contribution in [2.24, 2.45) is 0 Å². The highest BCUT2D eigenvalue weighted by Crippen LogP contribution is 2.23. The van der Waals surface area contributed by atoms with Gasteiger partial charge in [-0.15, -0.1) is 0 Å². The van der Waals surface area contributed by atoms with E-state index >= 15 is 0 Å². The number of aromatic nitrogens is 2. The fourth-order valence-electron chi connectivity index (χ4n) is 1.92. The third kappa shape index (κ3) is 4.78. The molecule has 0 aliphatic heterocycles. The van der Waals surface area contributed by atoms with E-state index in [1.54, 1.807) is 0 Å². The molecule has 1 rings (SSSR count). The van der Waals surface area contributed by atoms with Gasteiger partial charge in [-0.2, -0.15) is 0 Å². The van der Waals surface area contributed by atoms with E-state index in [4.69, 9.17) is 4.74 Å². The Morgan fingerprint density at radius 1 is 1.16 bits per heavy atom. The van der Waals surface area contributed by atoms with Gasteiger partial charge in [0, 0.05) is 24.9 Å². The topological polar surface area (TPSA) is 47.0 Å². The zero-order chi connectivity index (χ0) is 14.3. The quantitative estimate of drug-likeness (QED) is 0.781. The van der Waals surface area contributed by atoms with Crippen LogP contribution < -0.4 is 5.32 Å². The van der Waals surface area contributed by atoms with E-state index in [2.05, 4.69) is 29.1 Å². The molecular formula is C15H27N3O. The first-order chi connectivity index (χ1) is 9.03. The molecule has 19 heavy (non-hydrogen) atoms. The van der Waals surface area contributed by atoms with Crippen LogP contribution in [0.4, 0.5) is 5.82 Å². The average molecular weight is 265 g/mol. The van der Waals surface area contributed by atoms with Gasteiger partial charge in [-0.3, -0.25) is 0 Å². The SMILES string of the molecule is CCCNc1cc(CCC)nc(C(C)(C)OCC)n1. The molecule has 108 valence electrons. The van der Waals surface area contributed by atoms with Crippen LogP contribution in [0.15, 0.2) is 6.07 Å². The van der Waals surface area contributed by atoms with Crippen molar-refractivity contribution in [2.45, 2.75) is 59.5 Å². The standard InChI is InChI=1S/C15H27N3O/c1-6-9-12-11-13(16-10-7-2)18-14(17-12)15(4,5)19-8-3/h11H,6-10H2,1-5H3,(H,16,17,18). The summed E-state index contributed by atoms with van der Waals surface area (Å²) in [6.45, 7) is 11.9. The van der Waals surface area contributed by atoms with E-state index in [1.807, 2.05) is 26.8 Å². The van der Waals surface area contributed by atoms with Gasteiger partial charge in [0.05, 0.1) is 0 Å². The van der Waals surface area contributed by atoms with Crippen molar-refractivity contribution in [3.8, 4) is 0 Å². The van der Waals surface area contributed by atoms with Crippen molar-refractivity contribution in [1.29, 1.82) is 0 Å². The van der Waals surface area contributed by atoms with Gasteiger partial charge in [-0.25, -0.2) is 9.97 Å². The maximum atomic E-state index is 5.76. The fourth-order valence-corrected chi connectivity index (χ4v) is 1.92. The first-order valence-electron chi connectivity index (χ1n) is 7.29. The number of nitrogens with one attached hydrogen (secondary N) is 1. The van der Waals surface area contributed by atoms with Crippen LogP contribution in [0.1, 0.15) is 59.0 Å². The number of ether oxygens (including phenoxy) is 1. The van der Waals surface area contributed by atoms with Gasteiger partial charge in [0.2, 0.25) is 0 Å². The Morgan fingerprint density at radius 2 is 1.89 bits per heavy atom. The Balaban J connectivity index is 3.04. The predicted octanol–water partition coefficient (Wildman–Crippen LogP) is 3.52. The van der Waals surface area contributed by atoms with E-state index in [9.17, 15) is 0 Å². The third-order valence-corrected chi connectivity index (χ3v) is 2.89. The molecule has 0 spiro atoms. The van der Waals surface area contributed by atoms with Crippen LogP contribution in [0.5, 0.6) is 0 Å². The molecule has 0 atom stereocenters. The fraction of sp³-hybridized carbons (Fsp3) is 0.733. The molecule has 0 fully saturated rings. The predicted molar refractivity (Wildman–Crippen MR) is 79.5 cm³/mol. The zero-order valence-corrected chi connectivity index (χ0v) is 12.9. The lowest BCUT2D eigenvalue weighted by Crippen LogP contribution is -2.26. The minimum Gasteiger partial charge on any atom is -0.370 e. The second-order valence-electron chi connectivity index (χ2n) is 5.19. The molecule has 0 bridgehead atoms. The first-order valence-corrected chi connectivity index (χ1v) is 7.29. The number of hydrogen-bond donors (Lipinski definition) is 1. The van der Waals surface area contributed by atoms with Crippen molar-refractivity contribution >= 4 is 5.82 Å². The molecule has 0 radical (unpaired) electrons. The molecule has 1 aromatic rings. The molecular weight excluding hydrogens is 238 g/mol. The largest absolute Gasteiger partial charge is 0.370 e. The van der Waals surface area contributed by atoms with E-state index in [-0.39, 0.29) is 0 Å². The molecule has 1 N–H and O–H groups in total. The molecule has 0 saturated heterocycles. The van der Waals surface area contributed by atoms with Gasteiger partial charge >= 0.3 is 0 Å². The van der Waals surface area contributed by atoms with Crippen LogP contribution in [0.2, 0.25) is 0 Å². The van der Waals surface area contributed by atoms with Crippen LogP contribution in [0, 0.1) is 0 Å². The van der Waals surface area contributed by atoms with Crippen molar-refractivity contribution in [1.82, 2.24) is 9.97 Å². The Bertz CT molecular complexity index is 391. The molecule has 0 aliphatic rings. The van der Waals surface area contributed by atoms with Crippen molar-refractivity contribution in [3.63, 3.8) is 0 Å². The Kier molecular flexibility index (Phi) is 6.22. The normalized spacial score (nSPS) is 11.6. The number of rotatable bonds is 8. The molecule has 0 aromatic carbocycles. The summed E-state index contributed by atoms with van der Waals surface area (Å²) in [4.78, 5) is 9.24. The summed E-state index contributed by atoms with van der Waals surface area (Å²) in [6, 6.07) is 2.05. The van der Waals surface area contributed by atoms with E-state index in [0.29, 0.717) is 6.61 Å². The Labute approximate surface area is 117 Å². The van der Waals surface area contributed by atoms with Crippen molar-refractivity contribution in [3.05, 3.63) is 17.6 Å². The maximum absolute atomic E-state index is 5.76. The summed E-state index contributed by atoms with van der Waals surface area (Å²) in [6.07, 6.45) is 3.13. The molecule has 4 nitrogen and oxygen atoms in total. The third-order valence-electron chi connectivity index (χ3n) is 2.89. The summed E-state index contributed by atoms with van der Waals surface area (Å²) in [5.74, 6) is 1.67. The van der Waals surface area contributed by atoms with E-state index < -0.39 is 5.60 Å². The number of nitrogens with zero attached hydrogens (tertiary/aromatic N) is 2. The van der Waals surface area contributed by atoms with Crippen molar-refractivity contribution in [2.75, 3.05) is 18.5 Å². The molecule has 0 saturated carbocycles. The molecule has 0 aliphatic carbocycles. The van der Waals surface area contributed by atoms with Gasteiger partial charge in [-0.1, -0.05) is 20.3 Å². The zero-order valence-electron chi connectivity index (χ0n) is 12.9.